The molecule has 0 aliphatic carbocycles. The van der Waals surface area contributed by atoms with Gasteiger partial charge in [0, 0.05) is 43.4 Å². The van der Waals surface area contributed by atoms with Gasteiger partial charge in [0.2, 0.25) is 0 Å². The molecule has 0 amide bonds. The van der Waals surface area contributed by atoms with Crippen LogP contribution >= 0.6 is 0 Å². The van der Waals surface area contributed by atoms with Crippen LogP contribution in [0.5, 0.6) is 0 Å². The summed E-state index contributed by atoms with van der Waals surface area (Å²) in [7, 11) is 0. The summed E-state index contributed by atoms with van der Waals surface area (Å²) in [6.45, 7) is 5.20. The molecule has 154 valence electrons. The number of aromatic nitrogens is 2. The second-order valence-electron chi connectivity index (χ2n) is 8.43. The molecule has 2 aromatic heterocycles. The molecule has 0 saturated carbocycles. The van der Waals surface area contributed by atoms with E-state index in [4.69, 9.17) is 9.63 Å². The molecule has 4 heterocycles. The number of hydrogen-bond acceptors (Lipinski definition) is 5. The SMILES string of the molecule is Cc1cc(CN2C[C@@H]3C[C@H](C2)c2cc(-c4ccc(C(=O)O)cc4)cc(=O)n2C3)on1. The summed E-state index contributed by atoms with van der Waals surface area (Å²) in [4.78, 5) is 26.4. The lowest BCUT2D eigenvalue weighted by Crippen LogP contribution is -2.46. The monoisotopic (exact) mass is 405 g/mol. The normalized spacial score (nSPS) is 20.7. The van der Waals surface area contributed by atoms with Crippen LogP contribution in [-0.2, 0) is 13.1 Å². The van der Waals surface area contributed by atoms with Gasteiger partial charge in [-0.15, -0.1) is 0 Å². The Morgan fingerprint density at radius 2 is 1.93 bits per heavy atom. The Kier molecular flexibility index (Phi) is 4.55. The zero-order valence-electron chi connectivity index (χ0n) is 16.7. The molecule has 2 aliphatic heterocycles. The summed E-state index contributed by atoms with van der Waals surface area (Å²) in [5.41, 5.74) is 3.89. The number of piperidine rings is 1. The van der Waals surface area contributed by atoms with Crippen LogP contribution in [0.25, 0.3) is 11.1 Å². The molecule has 1 N–H and O–H groups in total. The third kappa shape index (κ3) is 3.45. The van der Waals surface area contributed by atoms with E-state index in [1.165, 1.54) is 0 Å². The van der Waals surface area contributed by atoms with Gasteiger partial charge in [0.25, 0.3) is 5.56 Å². The molecule has 7 heteroatoms. The summed E-state index contributed by atoms with van der Waals surface area (Å²) in [5, 5.41) is 13.1. The average molecular weight is 405 g/mol. The van der Waals surface area contributed by atoms with E-state index in [1.807, 2.05) is 17.6 Å². The predicted octanol–water partition coefficient (Wildman–Crippen LogP) is 3.13. The summed E-state index contributed by atoms with van der Waals surface area (Å²) in [6.07, 6.45) is 1.08. The van der Waals surface area contributed by atoms with Crippen LogP contribution < -0.4 is 5.56 Å². The van der Waals surface area contributed by atoms with E-state index in [1.54, 1.807) is 30.3 Å². The number of carboxylic acid groups (broad SMARTS) is 1. The van der Waals surface area contributed by atoms with Crippen LogP contribution in [0.4, 0.5) is 0 Å². The van der Waals surface area contributed by atoms with Crippen LogP contribution in [0.3, 0.4) is 0 Å². The fourth-order valence-electron chi connectivity index (χ4n) is 4.87. The van der Waals surface area contributed by atoms with E-state index in [2.05, 4.69) is 16.1 Å². The van der Waals surface area contributed by atoms with Crippen LogP contribution in [-0.4, -0.2) is 38.8 Å². The summed E-state index contributed by atoms with van der Waals surface area (Å²) < 4.78 is 7.31. The number of pyridine rings is 1. The van der Waals surface area contributed by atoms with Gasteiger partial charge in [0.15, 0.2) is 5.76 Å². The van der Waals surface area contributed by atoms with Crippen molar-refractivity contribution in [3.8, 4) is 11.1 Å². The first-order chi connectivity index (χ1) is 14.5. The molecule has 3 aromatic rings. The number of carbonyl (C=O) groups is 1. The Bertz CT molecular complexity index is 1160. The van der Waals surface area contributed by atoms with Crippen LogP contribution in [0, 0.1) is 12.8 Å². The second-order valence-corrected chi connectivity index (χ2v) is 8.43. The fourth-order valence-corrected chi connectivity index (χ4v) is 4.87. The van der Waals surface area contributed by atoms with E-state index in [0.717, 1.165) is 60.9 Å². The molecule has 1 fully saturated rings. The van der Waals surface area contributed by atoms with Gasteiger partial charge in [-0.05, 0) is 48.6 Å². The van der Waals surface area contributed by atoms with Gasteiger partial charge < -0.3 is 14.2 Å². The predicted molar refractivity (Wildman–Crippen MR) is 110 cm³/mol. The van der Waals surface area contributed by atoms with Gasteiger partial charge in [-0.2, -0.15) is 0 Å². The number of aryl methyl sites for hydroxylation is 1. The maximum absolute atomic E-state index is 12.9. The third-order valence-electron chi connectivity index (χ3n) is 6.15. The molecule has 0 unspecified atom stereocenters. The first kappa shape index (κ1) is 18.8. The van der Waals surface area contributed by atoms with E-state index < -0.39 is 5.97 Å². The highest BCUT2D eigenvalue weighted by Gasteiger charge is 2.35. The lowest BCUT2D eigenvalue weighted by Gasteiger charge is -2.42. The smallest absolute Gasteiger partial charge is 0.335 e. The summed E-state index contributed by atoms with van der Waals surface area (Å²) in [6, 6.07) is 12.4. The average Bonchev–Trinajstić information content (AvgIpc) is 3.13. The van der Waals surface area contributed by atoms with E-state index in [9.17, 15) is 9.59 Å². The molecule has 2 aliphatic rings. The minimum absolute atomic E-state index is 0.0128. The van der Waals surface area contributed by atoms with Crippen LogP contribution in [0.1, 0.15) is 39.8 Å². The Morgan fingerprint density at radius 1 is 1.13 bits per heavy atom. The van der Waals surface area contributed by atoms with Crippen molar-refractivity contribution >= 4 is 5.97 Å². The number of nitrogens with zero attached hydrogens (tertiary/aromatic N) is 3. The molecule has 5 rings (SSSR count). The molecular formula is C23H23N3O4. The molecule has 0 radical (unpaired) electrons. The second kappa shape index (κ2) is 7.25. The van der Waals surface area contributed by atoms with Crippen molar-refractivity contribution in [1.29, 1.82) is 0 Å². The van der Waals surface area contributed by atoms with Crippen molar-refractivity contribution in [2.24, 2.45) is 5.92 Å². The van der Waals surface area contributed by atoms with Crippen molar-refractivity contribution in [1.82, 2.24) is 14.6 Å². The standard InChI is InChI=1S/C23H23N3O4/c1-14-6-20(30-24-14)13-25-10-15-7-19(12-25)21-8-18(9-22(27)26(21)11-15)16-2-4-17(5-3-16)23(28)29/h2-6,8-9,15,19H,7,10-13H2,1H3,(H,28,29)/t15-,19+/m0/s1. The number of hydrogen-bond donors (Lipinski definition) is 1. The maximum atomic E-state index is 12.9. The number of carboxylic acids is 1. The number of aromatic carboxylic acids is 1. The van der Waals surface area contributed by atoms with Crippen molar-refractivity contribution in [3.63, 3.8) is 0 Å². The van der Waals surface area contributed by atoms with Crippen molar-refractivity contribution in [2.45, 2.75) is 32.4 Å². The number of likely N-dealkylation sites (tertiary alicyclic amines) is 1. The highest BCUT2D eigenvalue weighted by Crippen LogP contribution is 2.37. The van der Waals surface area contributed by atoms with Crippen LogP contribution in [0.2, 0.25) is 0 Å². The first-order valence-electron chi connectivity index (χ1n) is 10.2. The Morgan fingerprint density at radius 3 is 2.63 bits per heavy atom. The Hall–Kier alpha value is -3.19. The minimum Gasteiger partial charge on any atom is -0.478 e. The lowest BCUT2D eigenvalue weighted by atomic mass is 9.82. The van der Waals surface area contributed by atoms with Gasteiger partial charge in [0.05, 0.1) is 17.8 Å². The number of benzene rings is 1. The molecule has 2 bridgehead atoms. The Labute approximate surface area is 173 Å². The van der Waals surface area contributed by atoms with E-state index >= 15 is 0 Å². The quantitative estimate of drug-likeness (QED) is 0.717. The van der Waals surface area contributed by atoms with Gasteiger partial charge in [-0.25, -0.2) is 4.79 Å². The molecule has 1 saturated heterocycles. The van der Waals surface area contributed by atoms with Crippen molar-refractivity contribution in [3.05, 3.63) is 75.5 Å². The van der Waals surface area contributed by atoms with Crippen molar-refractivity contribution < 1.29 is 14.4 Å². The van der Waals surface area contributed by atoms with Crippen LogP contribution in [0.15, 0.2) is 51.8 Å². The molecule has 30 heavy (non-hydrogen) atoms. The molecule has 1 aromatic carbocycles. The van der Waals surface area contributed by atoms with E-state index in [-0.39, 0.29) is 17.0 Å². The topological polar surface area (TPSA) is 88.6 Å². The van der Waals surface area contributed by atoms with E-state index in [0.29, 0.717) is 5.92 Å². The fraction of sp³-hybridized carbons (Fsp3) is 0.348. The minimum atomic E-state index is -0.956. The zero-order valence-corrected chi connectivity index (χ0v) is 16.7. The first-order valence-corrected chi connectivity index (χ1v) is 10.2. The zero-order chi connectivity index (χ0) is 20.8. The molecule has 0 spiro atoms. The van der Waals surface area contributed by atoms with Crippen molar-refractivity contribution in [2.75, 3.05) is 13.1 Å². The van der Waals surface area contributed by atoms with Gasteiger partial charge >= 0.3 is 5.97 Å². The van der Waals surface area contributed by atoms with Gasteiger partial charge in [-0.3, -0.25) is 9.69 Å². The highest BCUT2D eigenvalue weighted by atomic mass is 16.5. The highest BCUT2D eigenvalue weighted by molar-refractivity contribution is 5.88. The number of rotatable bonds is 4. The largest absolute Gasteiger partial charge is 0.478 e. The maximum Gasteiger partial charge on any atom is 0.335 e. The third-order valence-corrected chi connectivity index (χ3v) is 6.15. The van der Waals surface area contributed by atoms with Gasteiger partial charge in [0.1, 0.15) is 0 Å². The number of fused-ring (bicyclic) bond motifs is 4. The molecular weight excluding hydrogens is 382 g/mol. The molecule has 7 nitrogen and oxygen atoms in total. The lowest BCUT2D eigenvalue weighted by molar-refractivity contribution is 0.0697. The van der Waals surface area contributed by atoms with Gasteiger partial charge in [-0.1, -0.05) is 17.3 Å². The summed E-state index contributed by atoms with van der Waals surface area (Å²) in [5.74, 6) is 0.644. The Balaban J connectivity index is 1.44. The summed E-state index contributed by atoms with van der Waals surface area (Å²) >= 11 is 0. The molecule has 2 atom stereocenters.